The minimum atomic E-state index is 0.0268. The molecule has 3 heteroatoms. The highest BCUT2D eigenvalue weighted by Gasteiger charge is 2.11. The van der Waals surface area contributed by atoms with Crippen molar-refractivity contribution in [3.05, 3.63) is 29.8 Å². The summed E-state index contributed by atoms with van der Waals surface area (Å²) in [6.07, 6.45) is 0. The lowest BCUT2D eigenvalue weighted by molar-refractivity contribution is 0.249. The van der Waals surface area contributed by atoms with E-state index in [2.05, 4.69) is 11.4 Å². The molecule has 0 amide bonds. The number of rotatable bonds is 4. The number of aliphatic hydroxyl groups excluding tert-OH is 1. The maximum absolute atomic E-state index is 9.16. The lowest BCUT2D eigenvalue weighted by Gasteiger charge is -2.21. The standard InChI is InChI=1S/C12H16N2O/c1-9(2)12(8-15)14-11-5-3-4-10(6-11)7-13/h3-6,9,12,14-15H,8H2,1-2H3. The molecule has 0 saturated heterocycles. The molecule has 0 bridgehead atoms. The Kier molecular flexibility index (Phi) is 4.14. The summed E-state index contributed by atoms with van der Waals surface area (Å²) in [6.45, 7) is 4.18. The van der Waals surface area contributed by atoms with Crippen molar-refractivity contribution in [2.24, 2.45) is 5.92 Å². The Hall–Kier alpha value is -1.53. The third-order valence-corrected chi connectivity index (χ3v) is 2.35. The first-order chi connectivity index (χ1) is 7.17. The smallest absolute Gasteiger partial charge is 0.0992 e. The molecule has 1 aromatic rings. The third kappa shape index (κ3) is 3.26. The minimum absolute atomic E-state index is 0.0268. The van der Waals surface area contributed by atoms with E-state index in [1.54, 1.807) is 12.1 Å². The van der Waals surface area contributed by atoms with Gasteiger partial charge in [0.05, 0.1) is 24.3 Å². The van der Waals surface area contributed by atoms with Crippen LogP contribution in [0.5, 0.6) is 0 Å². The highest BCUT2D eigenvalue weighted by molar-refractivity contribution is 5.49. The summed E-state index contributed by atoms with van der Waals surface area (Å²) in [5.74, 6) is 0.348. The molecule has 1 aromatic carbocycles. The van der Waals surface area contributed by atoms with E-state index in [1.807, 2.05) is 26.0 Å². The second-order valence-electron chi connectivity index (χ2n) is 3.87. The van der Waals surface area contributed by atoms with Crippen molar-refractivity contribution in [3.8, 4) is 6.07 Å². The second kappa shape index (κ2) is 5.38. The Balaban J connectivity index is 2.75. The zero-order valence-corrected chi connectivity index (χ0v) is 9.07. The van der Waals surface area contributed by atoms with E-state index in [4.69, 9.17) is 10.4 Å². The Morgan fingerprint density at radius 1 is 1.47 bits per heavy atom. The molecule has 0 radical (unpaired) electrons. The molecule has 3 nitrogen and oxygen atoms in total. The van der Waals surface area contributed by atoms with E-state index >= 15 is 0 Å². The average Bonchev–Trinajstić information content (AvgIpc) is 2.25. The van der Waals surface area contributed by atoms with Crippen LogP contribution in [0.25, 0.3) is 0 Å². The molecule has 0 heterocycles. The summed E-state index contributed by atoms with van der Waals surface area (Å²) in [5, 5.41) is 21.1. The number of nitriles is 1. The first kappa shape index (κ1) is 11.5. The molecular formula is C12H16N2O. The first-order valence-electron chi connectivity index (χ1n) is 5.05. The summed E-state index contributed by atoms with van der Waals surface area (Å²) in [7, 11) is 0. The molecule has 1 unspecified atom stereocenters. The molecule has 0 aromatic heterocycles. The predicted molar refractivity (Wildman–Crippen MR) is 60.5 cm³/mol. The molecule has 0 aliphatic carbocycles. The predicted octanol–water partition coefficient (Wildman–Crippen LogP) is 1.99. The molecule has 80 valence electrons. The van der Waals surface area contributed by atoms with Gasteiger partial charge in [-0.05, 0) is 24.1 Å². The number of aliphatic hydroxyl groups is 1. The van der Waals surface area contributed by atoms with Crippen LogP contribution in [0.15, 0.2) is 24.3 Å². The Bertz CT molecular complexity index is 355. The van der Waals surface area contributed by atoms with Crippen LogP contribution in [0.2, 0.25) is 0 Å². The number of hydrogen-bond donors (Lipinski definition) is 2. The van der Waals surface area contributed by atoms with E-state index in [0.29, 0.717) is 11.5 Å². The van der Waals surface area contributed by atoms with E-state index in [0.717, 1.165) is 5.69 Å². The SMILES string of the molecule is CC(C)C(CO)Nc1cccc(C#N)c1. The molecule has 0 aliphatic rings. The molecule has 0 aliphatic heterocycles. The average molecular weight is 204 g/mol. The van der Waals surface area contributed by atoms with Crippen molar-refractivity contribution in [1.29, 1.82) is 5.26 Å². The fourth-order valence-electron chi connectivity index (χ4n) is 1.32. The fraction of sp³-hybridized carbons (Fsp3) is 0.417. The van der Waals surface area contributed by atoms with Gasteiger partial charge < -0.3 is 10.4 Å². The molecule has 0 fully saturated rings. The Morgan fingerprint density at radius 3 is 2.73 bits per heavy atom. The van der Waals surface area contributed by atoms with Gasteiger partial charge in [-0.3, -0.25) is 0 Å². The van der Waals surface area contributed by atoms with Crippen LogP contribution in [-0.4, -0.2) is 17.8 Å². The number of benzene rings is 1. The molecule has 1 rings (SSSR count). The summed E-state index contributed by atoms with van der Waals surface area (Å²) in [6, 6.07) is 9.38. The van der Waals surface area contributed by atoms with Crippen LogP contribution < -0.4 is 5.32 Å². The van der Waals surface area contributed by atoms with Crippen LogP contribution in [0.4, 0.5) is 5.69 Å². The normalized spacial score (nSPS) is 12.2. The quantitative estimate of drug-likeness (QED) is 0.788. The monoisotopic (exact) mass is 204 g/mol. The molecule has 2 N–H and O–H groups in total. The molecule has 1 atom stereocenters. The van der Waals surface area contributed by atoms with Crippen molar-refractivity contribution >= 4 is 5.69 Å². The van der Waals surface area contributed by atoms with Gasteiger partial charge in [0, 0.05) is 5.69 Å². The zero-order chi connectivity index (χ0) is 11.3. The van der Waals surface area contributed by atoms with Gasteiger partial charge in [-0.1, -0.05) is 19.9 Å². The maximum Gasteiger partial charge on any atom is 0.0992 e. The topological polar surface area (TPSA) is 56.0 Å². The minimum Gasteiger partial charge on any atom is -0.394 e. The van der Waals surface area contributed by atoms with Gasteiger partial charge in [-0.25, -0.2) is 0 Å². The number of hydrogen-bond acceptors (Lipinski definition) is 3. The van der Waals surface area contributed by atoms with Crippen molar-refractivity contribution in [3.63, 3.8) is 0 Å². The van der Waals surface area contributed by atoms with E-state index in [1.165, 1.54) is 0 Å². The third-order valence-electron chi connectivity index (χ3n) is 2.35. The molecule has 0 spiro atoms. The Morgan fingerprint density at radius 2 is 2.20 bits per heavy atom. The van der Waals surface area contributed by atoms with Crippen LogP contribution in [0.1, 0.15) is 19.4 Å². The fourth-order valence-corrected chi connectivity index (χ4v) is 1.32. The highest BCUT2D eigenvalue weighted by atomic mass is 16.3. The van der Waals surface area contributed by atoms with E-state index < -0.39 is 0 Å². The van der Waals surface area contributed by atoms with E-state index in [9.17, 15) is 0 Å². The zero-order valence-electron chi connectivity index (χ0n) is 9.07. The summed E-state index contributed by atoms with van der Waals surface area (Å²) >= 11 is 0. The first-order valence-corrected chi connectivity index (χ1v) is 5.05. The Labute approximate surface area is 90.4 Å². The number of anilines is 1. The summed E-state index contributed by atoms with van der Waals surface area (Å²) in [4.78, 5) is 0. The number of nitrogens with zero attached hydrogens (tertiary/aromatic N) is 1. The van der Waals surface area contributed by atoms with Crippen molar-refractivity contribution in [1.82, 2.24) is 0 Å². The summed E-state index contributed by atoms with van der Waals surface area (Å²) in [5.41, 5.74) is 1.50. The lowest BCUT2D eigenvalue weighted by atomic mass is 10.0. The van der Waals surface area contributed by atoms with Crippen LogP contribution in [0.3, 0.4) is 0 Å². The van der Waals surface area contributed by atoms with Gasteiger partial charge in [-0.15, -0.1) is 0 Å². The van der Waals surface area contributed by atoms with Crippen molar-refractivity contribution < 1.29 is 5.11 Å². The van der Waals surface area contributed by atoms with Crippen molar-refractivity contribution in [2.75, 3.05) is 11.9 Å². The van der Waals surface area contributed by atoms with Gasteiger partial charge in [0.1, 0.15) is 0 Å². The van der Waals surface area contributed by atoms with Crippen LogP contribution in [-0.2, 0) is 0 Å². The number of nitrogens with one attached hydrogen (secondary N) is 1. The maximum atomic E-state index is 9.16. The van der Waals surface area contributed by atoms with Crippen LogP contribution >= 0.6 is 0 Å². The van der Waals surface area contributed by atoms with Gasteiger partial charge in [0.2, 0.25) is 0 Å². The van der Waals surface area contributed by atoms with E-state index in [-0.39, 0.29) is 12.6 Å². The van der Waals surface area contributed by atoms with Gasteiger partial charge >= 0.3 is 0 Å². The second-order valence-corrected chi connectivity index (χ2v) is 3.87. The van der Waals surface area contributed by atoms with Gasteiger partial charge in [0.25, 0.3) is 0 Å². The van der Waals surface area contributed by atoms with Gasteiger partial charge in [-0.2, -0.15) is 5.26 Å². The van der Waals surface area contributed by atoms with Crippen molar-refractivity contribution in [2.45, 2.75) is 19.9 Å². The molecule has 0 saturated carbocycles. The highest BCUT2D eigenvalue weighted by Crippen LogP contribution is 2.14. The largest absolute Gasteiger partial charge is 0.394 e. The lowest BCUT2D eigenvalue weighted by Crippen LogP contribution is -2.29. The van der Waals surface area contributed by atoms with Crippen LogP contribution in [0, 0.1) is 17.2 Å². The molecule has 15 heavy (non-hydrogen) atoms. The van der Waals surface area contributed by atoms with Gasteiger partial charge in [0.15, 0.2) is 0 Å². The molecular weight excluding hydrogens is 188 g/mol. The summed E-state index contributed by atoms with van der Waals surface area (Å²) < 4.78 is 0.